The SMILES string of the molecule is CC(OC(=O)COc1ccc(N)cc1)C(=O)O. The molecule has 0 fully saturated rings. The van der Waals surface area contributed by atoms with Crippen LogP contribution in [0.4, 0.5) is 5.69 Å². The normalized spacial score (nSPS) is 11.6. The first-order chi connectivity index (χ1) is 7.99. The van der Waals surface area contributed by atoms with Crippen LogP contribution < -0.4 is 10.5 Å². The Hall–Kier alpha value is -2.24. The van der Waals surface area contributed by atoms with Gasteiger partial charge in [0.2, 0.25) is 0 Å². The fraction of sp³-hybridized carbons (Fsp3) is 0.273. The van der Waals surface area contributed by atoms with E-state index in [1.54, 1.807) is 24.3 Å². The van der Waals surface area contributed by atoms with Crippen LogP contribution in [0.3, 0.4) is 0 Å². The lowest BCUT2D eigenvalue weighted by atomic mass is 10.3. The van der Waals surface area contributed by atoms with Crippen LogP contribution >= 0.6 is 0 Å². The largest absolute Gasteiger partial charge is 0.482 e. The number of nitrogen functional groups attached to an aromatic ring is 1. The fourth-order valence-corrected chi connectivity index (χ4v) is 0.988. The summed E-state index contributed by atoms with van der Waals surface area (Å²) in [6.07, 6.45) is -1.18. The average Bonchev–Trinajstić information content (AvgIpc) is 2.28. The smallest absolute Gasteiger partial charge is 0.344 e. The molecule has 0 aliphatic rings. The summed E-state index contributed by atoms with van der Waals surface area (Å²) in [5.41, 5.74) is 6.05. The van der Waals surface area contributed by atoms with Gasteiger partial charge in [-0.15, -0.1) is 0 Å². The number of esters is 1. The minimum atomic E-state index is -1.20. The van der Waals surface area contributed by atoms with Crippen molar-refractivity contribution in [3.05, 3.63) is 24.3 Å². The molecule has 6 heteroatoms. The Kier molecular flexibility index (Phi) is 4.33. The zero-order valence-electron chi connectivity index (χ0n) is 9.25. The summed E-state index contributed by atoms with van der Waals surface area (Å²) >= 11 is 0. The molecule has 0 heterocycles. The summed E-state index contributed by atoms with van der Waals surface area (Å²) in [4.78, 5) is 21.6. The van der Waals surface area contributed by atoms with E-state index in [0.717, 1.165) is 0 Å². The van der Waals surface area contributed by atoms with Gasteiger partial charge in [-0.3, -0.25) is 0 Å². The van der Waals surface area contributed by atoms with Crippen molar-refractivity contribution in [2.75, 3.05) is 12.3 Å². The zero-order chi connectivity index (χ0) is 12.8. The summed E-state index contributed by atoms with van der Waals surface area (Å²) in [5.74, 6) is -1.48. The summed E-state index contributed by atoms with van der Waals surface area (Å²) in [5, 5.41) is 8.51. The first kappa shape index (κ1) is 12.8. The Bertz CT molecular complexity index is 401. The molecule has 0 spiro atoms. The third-order valence-corrected chi connectivity index (χ3v) is 1.89. The number of hydrogen-bond donors (Lipinski definition) is 2. The number of carboxylic acids is 1. The first-order valence-electron chi connectivity index (χ1n) is 4.89. The maximum atomic E-state index is 11.2. The van der Waals surface area contributed by atoms with E-state index in [4.69, 9.17) is 15.6 Å². The zero-order valence-corrected chi connectivity index (χ0v) is 9.25. The first-order valence-corrected chi connectivity index (χ1v) is 4.89. The number of benzene rings is 1. The molecule has 92 valence electrons. The number of rotatable bonds is 5. The van der Waals surface area contributed by atoms with Gasteiger partial charge < -0.3 is 20.3 Å². The molecule has 0 aromatic heterocycles. The third kappa shape index (κ3) is 4.42. The number of carbonyl (C=O) groups excluding carboxylic acids is 1. The van der Waals surface area contributed by atoms with Crippen molar-refractivity contribution in [2.24, 2.45) is 0 Å². The maximum absolute atomic E-state index is 11.2. The molecule has 1 rings (SSSR count). The van der Waals surface area contributed by atoms with Crippen LogP contribution in [-0.4, -0.2) is 29.8 Å². The van der Waals surface area contributed by atoms with Gasteiger partial charge in [-0.1, -0.05) is 0 Å². The molecule has 1 atom stereocenters. The predicted octanol–water partition coefficient (Wildman–Crippen LogP) is 0.664. The monoisotopic (exact) mass is 239 g/mol. The molecule has 0 saturated heterocycles. The lowest BCUT2D eigenvalue weighted by Crippen LogP contribution is -2.26. The van der Waals surface area contributed by atoms with Gasteiger partial charge in [-0.2, -0.15) is 0 Å². The molecule has 0 saturated carbocycles. The van der Waals surface area contributed by atoms with Crippen molar-refractivity contribution in [3.8, 4) is 5.75 Å². The number of carbonyl (C=O) groups is 2. The van der Waals surface area contributed by atoms with Crippen molar-refractivity contribution in [2.45, 2.75) is 13.0 Å². The lowest BCUT2D eigenvalue weighted by Gasteiger charge is -2.09. The third-order valence-electron chi connectivity index (χ3n) is 1.89. The van der Waals surface area contributed by atoms with Gasteiger partial charge in [0, 0.05) is 5.69 Å². The Morgan fingerprint density at radius 3 is 2.47 bits per heavy atom. The Morgan fingerprint density at radius 1 is 1.35 bits per heavy atom. The van der Waals surface area contributed by atoms with E-state index in [2.05, 4.69) is 4.74 Å². The van der Waals surface area contributed by atoms with Gasteiger partial charge in [0.05, 0.1) is 0 Å². The summed E-state index contributed by atoms with van der Waals surface area (Å²) in [6.45, 7) is 0.922. The Morgan fingerprint density at radius 2 is 1.94 bits per heavy atom. The average molecular weight is 239 g/mol. The van der Waals surface area contributed by atoms with E-state index in [1.165, 1.54) is 6.92 Å². The molecule has 0 aliphatic heterocycles. The van der Waals surface area contributed by atoms with Crippen LogP contribution in [0.1, 0.15) is 6.92 Å². The highest BCUT2D eigenvalue weighted by molar-refractivity contribution is 5.78. The van der Waals surface area contributed by atoms with Crippen LogP contribution in [0.5, 0.6) is 5.75 Å². The maximum Gasteiger partial charge on any atom is 0.344 e. The molecule has 17 heavy (non-hydrogen) atoms. The van der Waals surface area contributed by atoms with Gasteiger partial charge in [0.25, 0.3) is 0 Å². The number of carboxylic acid groups (broad SMARTS) is 1. The number of nitrogens with two attached hydrogens (primary N) is 1. The van der Waals surface area contributed by atoms with Crippen molar-refractivity contribution in [3.63, 3.8) is 0 Å². The molecule has 0 bridgehead atoms. The van der Waals surface area contributed by atoms with Gasteiger partial charge in [-0.05, 0) is 31.2 Å². The van der Waals surface area contributed by atoms with Gasteiger partial charge in [0.15, 0.2) is 12.7 Å². The van der Waals surface area contributed by atoms with E-state index in [-0.39, 0.29) is 6.61 Å². The lowest BCUT2D eigenvalue weighted by molar-refractivity contribution is -0.163. The molecule has 0 radical (unpaired) electrons. The van der Waals surface area contributed by atoms with Gasteiger partial charge in [0.1, 0.15) is 5.75 Å². The van der Waals surface area contributed by atoms with Crippen molar-refractivity contribution in [1.29, 1.82) is 0 Å². The van der Waals surface area contributed by atoms with E-state index < -0.39 is 18.0 Å². The molecule has 1 aromatic rings. The number of ether oxygens (including phenoxy) is 2. The fourth-order valence-electron chi connectivity index (χ4n) is 0.988. The minimum absolute atomic E-state index is 0.346. The van der Waals surface area contributed by atoms with E-state index >= 15 is 0 Å². The van der Waals surface area contributed by atoms with Crippen LogP contribution in [0, 0.1) is 0 Å². The highest BCUT2D eigenvalue weighted by atomic mass is 16.6. The standard InChI is InChI=1S/C11H13NO5/c1-7(11(14)15)17-10(13)6-16-9-4-2-8(12)3-5-9/h2-5,7H,6,12H2,1H3,(H,14,15). The molecule has 0 amide bonds. The minimum Gasteiger partial charge on any atom is -0.482 e. The highest BCUT2D eigenvalue weighted by Gasteiger charge is 2.16. The van der Waals surface area contributed by atoms with E-state index in [1.807, 2.05) is 0 Å². The van der Waals surface area contributed by atoms with Crippen molar-refractivity contribution >= 4 is 17.6 Å². The van der Waals surface area contributed by atoms with Crippen molar-refractivity contribution < 1.29 is 24.2 Å². The van der Waals surface area contributed by atoms with E-state index in [0.29, 0.717) is 11.4 Å². The number of aliphatic carboxylic acids is 1. The number of anilines is 1. The van der Waals surface area contributed by atoms with Crippen LogP contribution in [0.2, 0.25) is 0 Å². The molecule has 1 unspecified atom stereocenters. The molecule has 0 aliphatic carbocycles. The second kappa shape index (κ2) is 5.74. The second-order valence-corrected chi connectivity index (χ2v) is 3.33. The van der Waals surface area contributed by atoms with Crippen LogP contribution in [0.15, 0.2) is 24.3 Å². The second-order valence-electron chi connectivity index (χ2n) is 3.33. The summed E-state index contributed by atoms with van der Waals surface area (Å²) < 4.78 is 9.65. The quantitative estimate of drug-likeness (QED) is 0.578. The van der Waals surface area contributed by atoms with Crippen molar-refractivity contribution in [1.82, 2.24) is 0 Å². The summed E-state index contributed by atoms with van der Waals surface area (Å²) in [6, 6.07) is 6.45. The molecule has 6 nitrogen and oxygen atoms in total. The molecular weight excluding hydrogens is 226 g/mol. The summed E-state index contributed by atoms with van der Waals surface area (Å²) in [7, 11) is 0. The number of hydrogen-bond acceptors (Lipinski definition) is 5. The van der Waals surface area contributed by atoms with Gasteiger partial charge >= 0.3 is 11.9 Å². The highest BCUT2D eigenvalue weighted by Crippen LogP contribution is 2.12. The molecule has 1 aromatic carbocycles. The van der Waals surface area contributed by atoms with Crippen LogP contribution in [0.25, 0.3) is 0 Å². The van der Waals surface area contributed by atoms with Gasteiger partial charge in [-0.25, -0.2) is 9.59 Å². The topological polar surface area (TPSA) is 98.9 Å². The predicted molar refractivity (Wildman–Crippen MR) is 59.5 cm³/mol. The molecular formula is C11H13NO5. The Balaban J connectivity index is 2.38. The van der Waals surface area contributed by atoms with Crippen LogP contribution in [-0.2, 0) is 14.3 Å². The Labute approximate surface area is 97.9 Å². The van der Waals surface area contributed by atoms with E-state index in [9.17, 15) is 9.59 Å². The molecule has 3 N–H and O–H groups in total.